The molecule has 13 heavy (non-hydrogen) atoms. The second kappa shape index (κ2) is 2.85. The summed E-state index contributed by atoms with van der Waals surface area (Å²) in [5.74, 6) is 0. The Kier molecular flexibility index (Phi) is 1.81. The standard InChI is InChI=1S/C10H12N2O/c1-7(13)8-4-3-5-10-9(8)6-11-12(10)2/h3-7,13H,1-2H3/t7-/m0/s1. The lowest BCUT2D eigenvalue weighted by Crippen LogP contribution is -1.92. The molecule has 0 aliphatic heterocycles. The lowest BCUT2D eigenvalue weighted by Gasteiger charge is -2.05. The number of fused-ring (bicyclic) bond motifs is 1. The second-order valence-electron chi connectivity index (χ2n) is 3.22. The summed E-state index contributed by atoms with van der Waals surface area (Å²) < 4.78 is 1.81. The van der Waals surface area contributed by atoms with E-state index < -0.39 is 6.10 Å². The summed E-state index contributed by atoms with van der Waals surface area (Å²) in [5.41, 5.74) is 1.99. The van der Waals surface area contributed by atoms with Crippen LogP contribution in [-0.4, -0.2) is 14.9 Å². The zero-order valence-electron chi connectivity index (χ0n) is 7.73. The van der Waals surface area contributed by atoms with Crippen LogP contribution in [0.25, 0.3) is 10.9 Å². The Bertz CT molecular complexity index is 431. The quantitative estimate of drug-likeness (QED) is 0.717. The molecule has 2 aromatic rings. The fraction of sp³-hybridized carbons (Fsp3) is 0.300. The molecule has 0 unspecified atom stereocenters. The molecule has 0 amide bonds. The van der Waals surface area contributed by atoms with E-state index in [9.17, 15) is 5.11 Å². The second-order valence-corrected chi connectivity index (χ2v) is 3.22. The van der Waals surface area contributed by atoms with Crippen LogP contribution in [0, 0.1) is 0 Å². The fourth-order valence-corrected chi connectivity index (χ4v) is 1.56. The van der Waals surface area contributed by atoms with Crippen LogP contribution in [0.15, 0.2) is 24.4 Å². The van der Waals surface area contributed by atoms with Crippen LogP contribution in [0.3, 0.4) is 0 Å². The Balaban J connectivity index is 2.77. The molecular weight excluding hydrogens is 164 g/mol. The maximum atomic E-state index is 9.49. The van der Waals surface area contributed by atoms with Gasteiger partial charge in [-0.15, -0.1) is 0 Å². The van der Waals surface area contributed by atoms with Gasteiger partial charge in [0.2, 0.25) is 0 Å². The van der Waals surface area contributed by atoms with Gasteiger partial charge in [0, 0.05) is 12.4 Å². The lowest BCUT2D eigenvalue weighted by atomic mass is 10.1. The monoisotopic (exact) mass is 176 g/mol. The predicted molar refractivity (Wildman–Crippen MR) is 51.3 cm³/mol. The first-order valence-corrected chi connectivity index (χ1v) is 4.29. The molecule has 68 valence electrons. The summed E-state index contributed by atoms with van der Waals surface area (Å²) in [6, 6.07) is 5.86. The molecule has 0 aliphatic carbocycles. The summed E-state index contributed by atoms with van der Waals surface area (Å²) in [5, 5.41) is 14.7. The summed E-state index contributed by atoms with van der Waals surface area (Å²) in [6.45, 7) is 1.77. The first-order chi connectivity index (χ1) is 6.20. The molecule has 1 aromatic heterocycles. The zero-order chi connectivity index (χ0) is 9.42. The first-order valence-electron chi connectivity index (χ1n) is 4.29. The fourth-order valence-electron chi connectivity index (χ4n) is 1.56. The largest absolute Gasteiger partial charge is 0.389 e. The molecule has 1 N–H and O–H groups in total. The number of aromatic nitrogens is 2. The van der Waals surface area contributed by atoms with Crippen LogP contribution >= 0.6 is 0 Å². The minimum Gasteiger partial charge on any atom is -0.389 e. The average molecular weight is 176 g/mol. The third-order valence-corrected chi connectivity index (χ3v) is 2.28. The van der Waals surface area contributed by atoms with Crippen molar-refractivity contribution in [1.82, 2.24) is 9.78 Å². The third-order valence-electron chi connectivity index (χ3n) is 2.28. The topological polar surface area (TPSA) is 38.1 Å². The normalized spacial score (nSPS) is 13.5. The molecule has 3 nitrogen and oxygen atoms in total. The predicted octanol–water partition coefficient (Wildman–Crippen LogP) is 1.63. The van der Waals surface area contributed by atoms with Crippen molar-refractivity contribution in [2.45, 2.75) is 13.0 Å². The van der Waals surface area contributed by atoms with Crippen molar-refractivity contribution >= 4 is 10.9 Å². The highest BCUT2D eigenvalue weighted by Crippen LogP contribution is 2.22. The Labute approximate surface area is 76.6 Å². The molecule has 1 atom stereocenters. The van der Waals surface area contributed by atoms with E-state index in [1.165, 1.54) is 0 Å². The van der Waals surface area contributed by atoms with Crippen molar-refractivity contribution in [3.63, 3.8) is 0 Å². The molecule has 0 spiro atoms. The van der Waals surface area contributed by atoms with Crippen LogP contribution < -0.4 is 0 Å². The Morgan fingerprint density at radius 2 is 2.23 bits per heavy atom. The van der Waals surface area contributed by atoms with Gasteiger partial charge in [-0.05, 0) is 18.6 Å². The highest BCUT2D eigenvalue weighted by atomic mass is 16.3. The van der Waals surface area contributed by atoms with E-state index in [-0.39, 0.29) is 0 Å². The maximum absolute atomic E-state index is 9.49. The van der Waals surface area contributed by atoms with Gasteiger partial charge in [0.25, 0.3) is 0 Å². The van der Waals surface area contributed by atoms with Crippen molar-refractivity contribution in [3.8, 4) is 0 Å². The maximum Gasteiger partial charge on any atom is 0.0769 e. The van der Waals surface area contributed by atoms with Crippen LogP contribution in [0.1, 0.15) is 18.6 Å². The van der Waals surface area contributed by atoms with Gasteiger partial charge in [0.05, 0.1) is 17.8 Å². The van der Waals surface area contributed by atoms with Crippen LogP contribution in [0.2, 0.25) is 0 Å². The summed E-state index contributed by atoms with van der Waals surface area (Å²) >= 11 is 0. The number of hydrogen-bond acceptors (Lipinski definition) is 2. The Hall–Kier alpha value is -1.35. The van der Waals surface area contributed by atoms with E-state index in [1.54, 1.807) is 17.8 Å². The zero-order valence-corrected chi connectivity index (χ0v) is 7.73. The summed E-state index contributed by atoms with van der Waals surface area (Å²) in [6.07, 6.45) is 1.35. The van der Waals surface area contributed by atoms with Crippen molar-refractivity contribution in [3.05, 3.63) is 30.0 Å². The van der Waals surface area contributed by atoms with Crippen molar-refractivity contribution in [2.24, 2.45) is 7.05 Å². The van der Waals surface area contributed by atoms with E-state index in [2.05, 4.69) is 5.10 Å². The molecule has 0 aliphatic rings. The summed E-state index contributed by atoms with van der Waals surface area (Å²) in [7, 11) is 1.90. The molecule has 0 bridgehead atoms. The third kappa shape index (κ3) is 1.21. The van der Waals surface area contributed by atoms with Crippen LogP contribution in [-0.2, 0) is 7.05 Å². The molecule has 3 heteroatoms. The van der Waals surface area contributed by atoms with E-state index in [0.717, 1.165) is 16.5 Å². The van der Waals surface area contributed by atoms with E-state index in [0.29, 0.717) is 0 Å². The number of aliphatic hydroxyl groups is 1. The Morgan fingerprint density at radius 1 is 1.46 bits per heavy atom. The number of benzene rings is 1. The minimum absolute atomic E-state index is 0.437. The van der Waals surface area contributed by atoms with E-state index in [4.69, 9.17) is 0 Å². The van der Waals surface area contributed by atoms with Crippen molar-refractivity contribution in [2.75, 3.05) is 0 Å². The highest BCUT2D eigenvalue weighted by Gasteiger charge is 2.07. The number of rotatable bonds is 1. The molecule has 0 radical (unpaired) electrons. The van der Waals surface area contributed by atoms with Gasteiger partial charge < -0.3 is 5.11 Å². The molecule has 2 rings (SSSR count). The van der Waals surface area contributed by atoms with Crippen LogP contribution in [0.4, 0.5) is 0 Å². The van der Waals surface area contributed by atoms with Gasteiger partial charge >= 0.3 is 0 Å². The van der Waals surface area contributed by atoms with Gasteiger partial charge in [-0.1, -0.05) is 12.1 Å². The molecule has 0 saturated carbocycles. The number of hydrogen-bond donors (Lipinski definition) is 1. The Morgan fingerprint density at radius 3 is 2.92 bits per heavy atom. The van der Waals surface area contributed by atoms with E-state index in [1.807, 2.05) is 25.2 Å². The van der Waals surface area contributed by atoms with Gasteiger partial charge in [-0.2, -0.15) is 5.10 Å². The average Bonchev–Trinajstić information content (AvgIpc) is 2.48. The van der Waals surface area contributed by atoms with E-state index >= 15 is 0 Å². The van der Waals surface area contributed by atoms with Gasteiger partial charge in [-0.25, -0.2) is 0 Å². The van der Waals surface area contributed by atoms with Crippen molar-refractivity contribution < 1.29 is 5.11 Å². The minimum atomic E-state index is -0.437. The number of aliphatic hydroxyl groups excluding tert-OH is 1. The molecule has 1 aromatic carbocycles. The highest BCUT2D eigenvalue weighted by molar-refractivity contribution is 5.82. The first kappa shape index (κ1) is 8.26. The smallest absolute Gasteiger partial charge is 0.0769 e. The van der Waals surface area contributed by atoms with Gasteiger partial charge in [-0.3, -0.25) is 4.68 Å². The molecule has 0 saturated heterocycles. The van der Waals surface area contributed by atoms with Gasteiger partial charge in [0.1, 0.15) is 0 Å². The molecule has 1 heterocycles. The molecule has 0 fully saturated rings. The SMILES string of the molecule is C[C@H](O)c1cccc2c1cnn2C. The van der Waals surface area contributed by atoms with Crippen LogP contribution in [0.5, 0.6) is 0 Å². The number of aryl methyl sites for hydroxylation is 1. The number of nitrogens with zero attached hydrogens (tertiary/aromatic N) is 2. The lowest BCUT2D eigenvalue weighted by molar-refractivity contribution is 0.201. The molecular formula is C10H12N2O. The van der Waals surface area contributed by atoms with Gasteiger partial charge in [0.15, 0.2) is 0 Å². The summed E-state index contributed by atoms with van der Waals surface area (Å²) in [4.78, 5) is 0. The van der Waals surface area contributed by atoms with Crippen molar-refractivity contribution in [1.29, 1.82) is 0 Å².